The number of halogens is 5. The van der Waals surface area contributed by atoms with Crippen LogP contribution >= 0.6 is 0 Å². The molecule has 1 saturated heterocycles. The molecule has 46 heavy (non-hydrogen) atoms. The Morgan fingerprint density at radius 1 is 1.09 bits per heavy atom. The fourth-order valence-electron chi connectivity index (χ4n) is 5.50. The van der Waals surface area contributed by atoms with Crippen LogP contribution in [0.2, 0.25) is 0 Å². The van der Waals surface area contributed by atoms with Gasteiger partial charge in [-0.1, -0.05) is 24.3 Å². The number of hydrogen-bond acceptors (Lipinski definition) is 7. The zero-order valence-electron chi connectivity index (χ0n) is 24.7. The van der Waals surface area contributed by atoms with Crippen molar-refractivity contribution in [3.8, 4) is 11.3 Å². The van der Waals surface area contributed by atoms with Crippen molar-refractivity contribution in [1.29, 1.82) is 0 Å². The molecule has 2 amide bonds. The number of rotatable bonds is 7. The van der Waals surface area contributed by atoms with Gasteiger partial charge in [-0.15, -0.1) is 0 Å². The van der Waals surface area contributed by atoms with Gasteiger partial charge in [0.05, 0.1) is 28.4 Å². The number of hydrogen-bond donors (Lipinski definition) is 2. The highest BCUT2D eigenvalue weighted by Crippen LogP contribution is 2.42. The number of aliphatic hydroxyl groups is 1. The highest BCUT2D eigenvalue weighted by Gasteiger charge is 2.52. The van der Waals surface area contributed by atoms with E-state index in [1.165, 1.54) is 43.4 Å². The van der Waals surface area contributed by atoms with Gasteiger partial charge in [-0.05, 0) is 50.1 Å². The Kier molecular flexibility index (Phi) is 8.42. The Morgan fingerprint density at radius 2 is 1.76 bits per heavy atom. The number of sulfonamides is 1. The second-order valence-electron chi connectivity index (χ2n) is 11.2. The van der Waals surface area contributed by atoms with E-state index in [9.17, 15) is 45.1 Å². The maximum Gasteiger partial charge on any atom is 0.433 e. The molecule has 2 aliphatic heterocycles. The maximum atomic E-state index is 14.6. The molecule has 2 aromatic carbocycles. The minimum atomic E-state index is -4.88. The quantitative estimate of drug-likeness (QED) is 0.273. The van der Waals surface area contributed by atoms with Crippen LogP contribution in [0.1, 0.15) is 31.0 Å². The Hall–Kier alpha value is -4.41. The SMILES string of the molecule is CN(C)S(=O)(=O)c1ccc(-c2nc(C(F)(F)F)ccc2NC(=O)C2=C(O)[C@@]3(C)CCCN3N(Cc3cccc(F)c3F)C2=O)cc1. The minimum absolute atomic E-state index is 0.00409. The number of carbonyl (C=O) groups excluding carboxylic acids is 2. The van der Waals surface area contributed by atoms with E-state index in [-0.39, 0.29) is 28.3 Å². The number of nitrogens with zero attached hydrogens (tertiary/aromatic N) is 4. The van der Waals surface area contributed by atoms with Crippen LogP contribution in [0.4, 0.5) is 27.6 Å². The summed E-state index contributed by atoms with van der Waals surface area (Å²) in [6, 6.07) is 9.72. The van der Waals surface area contributed by atoms with E-state index in [0.717, 1.165) is 33.6 Å². The van der Waals surface area contributed by atoms with Crippen molar-refractivity contribution >= 4 is 27.5 Å². The zero-order valence-corrected chi connectivity index (χ0v) is 25.5. The number of aliphatic hydroxyl groups excluding tert-OH is 1. The van der Waals surface area contributed by atoms with Crippen molar-refractivity contribution in [2.45, 2.75) is 42.9 Å². The van der Waals surface area contributed by atoms with Crippen LogP contribution in [0.15, 0.2) is 70.8 Å². The van der Waals surface area contributed by atoms with Crippen LogP contribution < -0.4 is 5.32 Å². The van der Waals surface area contributed by atoms with Gasteiger partial charge < -0.3 is 10.4 Å². The highest BCUT2D eigenvalue weighted by atomic mass is 32.2. The fourth-order valence-corrected chi connectivity index (χ4v) is 6.40. The second-order valence-corrected chi connectivity index (χ2v) is 13.3. The molecule has 5 rings (SSSR count). The van der Waals surface area contributed by atoms with E-state index >= 15 is 0 Å². The van der Waals surface area contributed by atoms with E-state index in [2.05, 4.69) is 10.3 Å². The molecule has 0 aliphatic carbocycles. The summed E-state index contributed by atoms with van der Waals surface area (Å²) in [5, 5.41) is 16.1. The predicted octanol–water partition coefficient (Wildman–Crippen LogP) is 4.86. The first kappa shape index (κ1) is 33.0. The van der Waals surface area contributed by atoms with Gasteiger partial charge >= 0.3 is 6.18 Å². The summed E-state index contributed by atoms with van der Waals surface area (Å²) in [5.74, 6) is -5.15. The molecule has 1 aromatic heterocycles. The molecule has 0 unspecified atom stereocenters. The van der Waals surface area contributed by atoms with Crippen LogP contribution in [0.5, 0.6) is 0 Å². The number of amides is 2. The molecule has 0 spiro atoms. The number of nitrogens with one attached hydrogen (secondary N) is 1. The molecule has 0 saturated carbocycles. The van der Waals surface area contributed by atoms with Gasteiger partial charge in [-0.25, -0.2) is 31.5 Å². The smallest absolute Gasteiger partial charge is 0.433 e. The third kappa shape index (κ3) is 5.71. The molecule has 16 heteroatoms. The zero-order chi connectivity index (χ0) is 33.8. The van der Waals surface area contributed by atoms with Crippen molar-refractivity contribution < 1.29 is 45.1 Å². The average molecular weight is 666 g/mol. The Balaban J connectivity index is 1.55. The molecule has 3 heterocycles. The third-order valence-electron chi connectivity index (χ3n) is 8.01. The Labute approximate surface area is 260 Å². The van der Waals surface area contributed by atoms with Gasteiger partial charge in [0.15, 0.2) is 11.6 Å². The van der Waals surface area contributed by atoms with Gasteiger partial charge in [-0.3, -0.25) is 14.6 Å². The number of alkyl halides is 3. The number of pyridine rings is 1. The summed E-state index contributed by atoms with van der Waals surface area (Å²) in [6.45, 7) is 1.35. The molecular weight excluding hydrogens is 637 g/mol. The lowest BCUT2D eigenvalue weighted by Crippen LogP contribution is -2.60. The lowest BCUT2D eigenvalue weighted by atomic mass is 9.90. The van der Waals surface area contributed by atoms with E-state index in [0.29, 0.717) is 18.9 Å². The lowest BCUT2D eigenvalue weighted by Gasteiger charge is -2.46. The fraction of sp³-hybridized carbons (Fsp3) is 0.300. The predicted molar refractivity (Wildman–Crippen MR) is 155 cm³/mol. The monoisotopic (exact) mass is 665 g/mol. The molecule has 1 atom stereocenters. The Morgan fingerprint density at radius 3 is 2.39 bits per heavy atom. The van der Waals surface area contributed by atoms with Gasteiger partial charge in [0.25, 0.3) is 11.8 Å². The normalized spacial score (nSPS) is 19.2. The number of benzene rings is 2. The first-order valence-electron chi connectivity index (χ1n) is 13.9. The van der Waals surface area contributed by atoms with E-state index in [1.807, 2.05) is 0 Å². The first-order valence-corrected chi connectivity index (χ1v) is 15.3. The molecule has 3 aromatic rings. The Bertz CT molecular complexity index is 1860. The molecule has 244 valence electrons. The van der Waals surface area contributed by atoms with Crippen LogP contribution in [0.25, 0.3) is 11.3 Å². The summed E-state index contributed by atoms with van der Waals surface area (Å²) >= 11 is 0. The van der Waals surface area contributed by atoms with Crippen molar-refractivity contribution in [3.05, 3.63) is 88.8 Å². The molecule has 0 bridgehead atoms. The summed E-state index contributed by atoms with van der Waals surface area (Å²) in [4.78, 5) is 31.0. The maximum absolute atomic E-state index is 14.6. The van der Waals surface area contributed by atoms with Gasteiger partial charge in [0, 0.05) is 31.8 Å². The molecular formula is C30H28F5N5O5S. The van der Waals surface area contributed by atoms with Gasteiger partial charge in [0.1, 0.15) is 17.0 Å². The first-order chi connectivity index (χ1) is 21.5. The largest absolute Gasteiger partial charge is 0.509 e. The van der Waals surface area contributed by atoms with Gasteiger partial charge in [-0.2, -0.15) is 13.2 Å². The number of anilines is 1. The van der Waals surface area contributed by atoms with Crippen LogP contribution in [0, 0.1) is 11.6 Å². The minimum Gasteiger partial charge on any atom is -0.509 e. The van der Waals surface area contributed by atoms with Crippen LogP contribution in [-0.2, 0) is 32.3 Å². The van der Waals surface area contributed by atoms with Crippen molar-refractivity contribution in [1.82, 2.24) is 19.3 Å². The molecule has 1 fully saturated rings. The van der Waals surface area contributed by atoms with Crippen LogP contribution in [0.3, 0.4) is 0 Å². The van der Waals surface area contributed by atoms with E-state index in [1.54, 1.807) is 6.92 Å². The average Bonchev–Trinajstić information content (AvgIpc) is 3.40. The number of carbonyl (C=O) groups is 2. The summed E-state index contributed by atoms with van der Waals surface area (Å²) < 4.78 is 95.4. The summed E-state index contributed by atoms with van der Waals surface area (Å²) in [6.07, 6.45) is -4.10. The number of aromatic nitrogens is 1. The molecule has 2 N–H and O–H groups in total. The number of hydrazine groups is 1. The van der Waals surface area contributed by atoms with Crippen molar-refractivity contribution in [3.63, 3.8) is 0 Å². The van der Waals surface area contributed by atoms with Crippen molar-refractivity contribution in [2.24, 2.45) is 0 Å². The third-order valence-corrected chi connectivity index (χ3v) is 9.84. The lowest BCUT2D eigenvalue weighted by molar-refractivity contribution is -0.160. The number of fused-ring (bicyclic) bond motifs is 1. The molecule has 0 radical (unpaired) electrons. The highest BCUT2D eigenvalue weighted by molar-refractivity contribution is 7.89. The summed E-state index contributed by atoms with van der Waals surface area (Å²) in [7, 11) is -1.25. The van der Waals surface area contributed by atoms with E-state index in [4.69, 9.17) is 0 Å². The molecule has 10 nitrogen and oxygen atoms in total. The topological polar surface area (TPSA) is 123 Å². The van der Waals surface area contributed by atoms with Crippen LogP contribution in [-0.4, -0.2) is 70.8 Å². The van der Waals surface area contributed by atoms with E-state index < -0.39 is 74.5 Å². The second kappa shape index (κ2) is 11.7. The summed E-state index contributed by atoms with van der Waals surface area (Å²) in [5.41, 5.74) is -4.18. The molecule has 2 aliphatic rings. The standard InChI is InChI=1S/C30H28F5N5O5S/c1-29-14-5-15-40(29)39(16-18-6-4-7-20(31)24(18)32)28(43)23(26(29)41)27(42)36-21-12-13-22(30(33,34)35)37-25(21)17-8-10-19(11-9-17)46(44,45)38(2)3/h4,6-13,41H,5,14-16H2,1-3H3,(H,36,42)/t29-/m1/s1. The van der Waals surface area contributed by atoms with Gasteiger partial charge in [0.2, 0.25) is 10.0 Å². The van der Waals surface area contributed by atoms with Crippen molar-refractivity contribution in [2.75, 3.05) is 26.0 Å².